The Balaban J connectivity index is 2.28. The first-order valence-corrected chi connectivity index (χ1v) is 6.65. The Labute approximate surface area is 115 Å². The number of rotatable bonds is 7. The van der Waals surface area contributed by atoms with Crippen molar-refractivity contribution in [2.24, 2.45) is 0 Å². The molecule has 1 heterocycles. The summed E-state index contributed by atoms with van der Waals surface area (Å²) in [5.74, 6) is -0.859. The molecule has 1 aromatic heterocycles. The van der Waals surface area contributed by atoms with Gasteiger partial charge in [-0.2, -0.15) is 0 Å². The van der Waals surface area contributed by atoms with E-state index in [1.54, 1.807) is 13.2 Å². The predicted octanol–water partition coefficient (Wildman–Crippen LogP) is 0.948. The van der Waals surface area contributed by atoms with Crippen LogP contribution in [-0.4, -0.2) is 38.7 Å². The summed E-state index contributed by atoms with van der Waals surface area (Å²) in [6.45, 7) is 2.60. The second kappa shape index (κ2) is 7.75. The van der Waals surface area contributed by atoms with Crippen LogP contribution in [0.25, 0.3) is 0 Å². The largest absolute Gasteiger partial charge is 0.451 e. The Morgan fingerprint density at radius 2 is 2.21 bits per heavy atom. The van der Waals surface area contributed by atoms with Gasteiger partial charge in [-0.05, 0) is 19.4 Å². The Morgan fingerprint density at radius 3 is 2.79 bits per heavy atom. The molecule has 6 nitrogen and oxygen atoms in total. The van der Waals surface area contributed by atoms with E-state index in [1.807, 2.05) is 6.92 Å². The van der Waals surface area contributed by atoms with E-state index >= 15 is 0 Å². The molecular weight excluding hydrogens is 268 g/mol. The number of anilines is 1. The summed E-state index contributed by atoms with van der Waals surface area (Å²) in [6, 6.07) is 1.55. The molecule has 1 amide bonds. The molecule has 0 atom stereocenters. The summed E-state index contributed by atoms with van der Waals surface area (Å²) in [7, 11) is 1.60. The van der Waals surface area contributed by atoms with Crippen molar-refractivity contribution in [2.75, 3.05) is 32.6 Å². The first kappa shape index (κ1) is 15.5. The van der Waals surface area contributed by atoms with Gasteiger partial charge in [0.1, 0.15) is 4.88 Å². The van der Waals surface area contributed by atoms with E-state index in [1.165, 1.54) is 11.3 Å². The van der Waals surface area contributed by atoms with Gasteiger partial charge in [-0.3, -0.25) is 4.79 Å². The van der Waals surface area contributed by atoms with E-state index in [2.05, 4.69) is 5.32 Å². The van der Waals surface area contributed by atoms with Crippen LogP contribution in [-0.2, 0) is 14.3 Å². The Kier molecular flexibility index (Phi) is 6.31. The molecule has 1 rings (SSSR count). The average molecular weight is 286 g/mol. The highest BCUT2D eigenvalue weighted by Crippen LogP contribution is 2.23. The quantitative estimate of drug-likeness (QED) is 0.575. The minimum atomic E-state index is -0.531. The van der Waals surface area contributed by atoms with Crippen LogP contribution in [0.3, 0.4) is 0 Å². The van der Waals surface area contributed by atoms with Gasteiger partial charge in [0.25, 0.3) is 5.91 Å². The fourth-order valence-electron chi connectivity index (χ4n) is 1.29. The molecule has 106 valence electrons. The number of thiophene rings is 1. The van der Waals surface area contributed by atoms with Gasteiger partial charge < -0.3 is 20.5 Å². The third-order valence-electron chi connectivity index (χ3n) is 2.34. The van der Waals surface area contributed by atoms with Crippen LogP contribution < -0.4 is 11.1 Å². The summed E-state index contributed by atoms with van der Waals surface area (Å²) in [6.07, 6.45) is 0.719. The number of nitrogen functional groups attached to an aromatic ring is 1. The van der Waals surface area contributed by atoms with Crippen molar-refractivity contribution < 1.29 is 19.1 Å². The monoisotopic (exact) mass is 286 g/mol. The van der Waals surface area contributed by atoms with Crippen LogP contribution in [0.2, 0.25) is 0 Å². The Bertz CT molecular complexity index is 425. The maximum atomic E-state index is 11.6. The number of carbonyl (C=O) groups excluding carboxylic acids is 2. The molecule has 0 fully saturated rings. The van der Waals surface area contributed by atoms with Crippen molar-refractivity contribution in [1.29, 1.82) is 0 Å². The molecule has 0 aliphatic heterocycles. The van der Waals surface area contributed by atoms with Crippen LogP contribution in [0.4, 0.5) is 5.69 Å². The molecule has 0 saturated carbocycles. The van der Waals surface area contributed by atoms with Crippen LogP contribution in [0.1, 0.15) is 21.0 Å². The predicted molar refractivity (Wildman–Crippen MR) is 73.3 cm³/mol. The van der Waals surface area contributed by atoms with E-state index in [4.69, 9.17) is 15.2 Å². The van der Waals surface area contributed by atoms with Crippen LogP contribution in [0.15, 0.2) is 6.07 Å². The van der Waals surface area contributed by atoms with E-state index in [0.717, 1.165) is 11.3 Å². The molecule has 0 saturated heterocycles. The van der Waals surface area contributed by atoms with Crippen molar-refractivity contribution in [2.45, 2.75) is 13.3 Å². The maximum absolute atomic E-state index is 11.6. The molecule has 0 spiro atoms. The third-order valence-corrected chi connectivity index (χ3v) is 3.39. The van der Waals surface area contributed by atoms with E-state index < -0.39 is 5.97 Å². The van der Waals surface area contributed by atoms with Crippen LogP contribution >= 0.6 is 11.3 Å². The molecule has 0 aliphatic rings. The highest BCUT2D eigenvalue weighted by atomic mass is 32.1. The summed E-state index contributed by atoms with van der Waals surface area (Å²) in [4.78, 5) is 24.2. The number of nitrogens with two attached hydrogens (primary N) is 1. The summed E-state index contributed by atoms with van der Waals surface area (Å²) >= 11 is 1.25. The summed E-state index contributed by atoms with van der Waals surface area (Å²) in [5.41, 5.74) is 6.20. The molecule has 7 heteroatoms. The highest BCUT2D eigenvalue weighted by Gasteiger charge is 2.13. The van der Waals surface area contributed by atoms with Crippen LogP contribution in [0, 0.1) is 6.92 Å². The number of aryl methyl sites for hydroxylation is 1. The zero-order valence-corrected chi connectivity index (χ0v) is 11.8. The second-order valence-corrected chi connectivity index (χ2v) is 5.15. The number of ether oxygens (including phenoxy) is 2. The molecule has 19 heavy (non-hydrogen) atoms. The zero-order chi connectivity index (χ0) is 14.3. The maximum Gasteiger partial charge on any atom is 0.348 e. The normalized spacial score (nSPS) is 10.2. The molecular formula is C12H18N2O4S. The second-order valence-electron chi connectivity index (χ2n) is 3.89. The van der Waals surface area contributed by atoms with Crippen molar-refractivity contribution in [1.82, 2.24) is 5.32 Å². The first-order valence-electron chi connectivity index (χ1n) is 5.83. The van der Waals surface area contributed by atoms with Gasteiger partial charge in [-0.1, -0.05) is 0 Å². The summed E-state index contributed by atoms with van der Waals surface area (Å²) in [5, 5.41) is 2.62. The lowest BCUT2D eigenvalue weighted by atomic mass is 10.4. The number of amides is 1. The molecule has 0 unspecified atom stereocenters. The lowest BCUT2D eigenvalue weighted by Crippen LogP contribution is -2.30. The SMILES string of the molecule is COCCCNC(=O)COC(=O)c1cc(N)c(C)s1. The van der Waals surface area contributed by atoms with Crippen molar-refractivity contribution in [3.05, 3.63) is 15.8 Å². The van der Waals surface area contributed by atoms with Crippen molar-refractivity contribution in [3.63, 3.8) is 0 Å². The average Bonchev–Trinajstić information content (AvgIpc) is 2.72. The standard InChI is InChI=1S/C12H18N2O4S/c1-8-9(13)6-10(19-8)12(16)18-7-11(15)14-4-3-5-17-2/h6H,3-5,7,13H2,1-2H3,(H,14,15). The van der Waals surface area contributed by atoms with E-state index in [-0.39, 0.29) is 12.5 Å². The molecule has 0 aromatic carbocycles. The highest BCUT2D eigenvalue weighted by molar-refractivity contribution is 7.14. The number of hydrogen-bond acceptors (Lipinski definition) is 6. The number of hydrogen-bond donors (Lipinski definition) is 2. The minimum Gasteiger partial charge on any atom is -0.451 e. The third kappa shape index (κ3) is 5.27. The van der Waals surface area contributed by atoms with Gasteiger partial charge in [-0.15, -0.1) is 11.3 Å². The van der Waals surface area contributed by atoms with Gasteiger partial charge in [0, 0.05) is 30.8 Å². The lowest BCUT2D eigenvalue weighted by Gasteiger charge is -2.05. The first-order chi connectivity index (χ1) is 9.04. The van der Waals surface area contributed by atoms with Crippen molar-refractivity contribution in [3.8, 4) is 0 Å². The fourth-order valence-corrected chi connectivity index (χ4v) is 2.13. The van der Waals surface area contributed by atoms with Gasteiger partial charge in [0.05, 0.1) is 0 Å². The minimum absolute atomic E-state index is 0.289. The molecule has 3 N–H and O–H groups in total. The number of esters is 1. The van der Waals surface area contributed by atoms with Crippen LogP contribution in [0.5, 0.6) is 0 Å². The van der Waals surface area contributed by atoms with Gasteiger partial charge >= 0.3 is 5.97 Å². The van der Waals surface area contributed by atoms with Gasteiger partial charge in [0.15, 0.2) is 6.61 Å². The van der Waals surface area contributed by atoms with Gasteiger partial charge in [-0.25, -0.2) is 4.79 Å². The Morgan fingerprint density at radius 1 is 1.47 bits per heavy atom. The van der Waals surface area contributed by atoms with Gasteiger partial charge in [0.2, 0.25) is 0 Å². The lowest BCUT2D eigenvalue weighted by molar-refractivity contribution is -0.124. The molecule has 1 aromatic rings. The van der Waals surface area contributed by atoms with E-state index in [0.29, 0.717) is 23.7 Å². The molecule has 0 aliphatic carbocycles. The number of carbonyl (C=O) groups is 2. The number of methoxy groups -OCH3 is 1. The number of nitrogens with one attached hydrogen (secondary N) is 1. The topological polar surface area (TPSA) is 90.6 Å². The molecule has 0 bridgehead atoms. The molecule has 0 radical (unpaired) electrons. The Hall–Kier alpha value is -1.60. The smallest absolute Gasteiger partial charge is 0.348 e. The summed E-state index contributed by atoms with van der Waals surface area (Å²) < 4.78 is 9.73. The van der Waals surface area contributed by atoms with E-state index in [9.17, 15) is 9.59 Å². The fraction of sp³-hybridized carbons (Fsp3) is 0.500. The van der Waals surface area contributed by atoms with Crippen molar-refractivity contribution >= 4 is 28.9 Å². The zero-order valence-electron chi connectivity index (χ0n) is 11.0.